The maximum atomic E-state index is 12.3. The smallest absolute Gasteiger partial charge is 0.240 e. The third-order valence-corrected chi connectivity index (χ3v) is 4.80. The van der Waals surface area contributed by atoms with Crippen molar-refractivity contribution < 1.29 is 27.4 Å². The number of amides is 1. The largest absolute Gasteiger partial charge is 0.454 e. The number of sulfonamides is 1. The van der Waals surface area contributed by atoms with E-state index in [2.05, 4.69) is 4.72 Å². The lowest BCUT2D eigenvalue weighted by Gasteiger charge is -2.20. The van der Waals surface area contributed by atoms with E-state index in [1.807, 2.05) is 0 Å². The van der Waals surface area contributed by atoms with E-state index < -0.39 is 10.0 Å². The van der Waals surface area contributed by atoms with Gasteiger partial charge in [-0.05, 0) is 12.1 Å². The van der Waals surface area contributed by atoms with Gasteiger partial charge in [-0.15, -0.1) is 0 Å². The summed E-state index contributed by atoms with van der Waals surface area (Å²) < 4.78 is 42.2. The van der Waals surface area contributed by atoms with Crippen LogP contribution in [0, 0.1) is 0 Å². The zero-order valence-electron chi connectivity index (χ0n) is 13.1. The highest BCUT2D eigenvalue weighted by atomic mass is 32.2. The van der Waals surface area contributed by atoms with Crippen LogP contribution in [0.3, 0.4) is 0 Å². The average Bonchev–Trinajstić information content (AvgIpc) is 2.97. The van der Waals surface area contributed by atoms with Crippen molar-refractivity contribution in [3.63, 3.8) is 0 Å². The van der Waals surface area contributed by atoms with Crippen molar-refractivity contribution in [2.24, 2.45) is 0 Å². The topological polar surface area (TPSA) is 94.2 Å². The lowest BCUT2D eigenvalue weighted by atomic mass is 10.3. The van der Waals surface area contributed by atoms with E-state index in [9.17, 15) is 13.2 Å². The van der Waals surface area contributed by atoms with Gasteiger partial charge in [0.25, 0.3) is 0 Å². The molecule has 128 valence electrons. The van der Waals surface area contributed by atoms with Crippen LogP contribution in [0.1, 0.15) is 6.92 Å². The summed E-state index contributed by atoms with van der Waals surface area (Å²) in [4.78, 5) is 13.1. The van der Waals surface area contributed by atoms with E-state index in [0.717, 1.165) is 0 Å². The van der Waals surface area contributed by atoms with Gasteiger partial charge in [-0.25, -0.2) is 13.1 Å². The van der Waals surface area contributed by atoms with Gasteiger partial charge in [-0.1, -0.05) is 0 Å². The van der Waals surface area contributed by atoms with Crippen LogP contribution in [0.25, 0.3) is 0 Å². The van der Waals surface area contributed by atoms with E-state index in [4.69, 9.17) is 14.2 Å². The molecule has 0 radical (unpaired) electrons. The Bertz CT molecular complexity index is 661. The first kappa shape index (κ1) is 17.5. The van der Waals surface area contributed by atoms with Crippen molar-refractivity contribution >= 4 is 15.9 Å². The average molecular weight is 344 g/mol. The molecule has 1 aliphatic rings. The zero-order valence-corrected chi connectivity index (χ0v) is 13.9. The molecule has 0 aromatic heterocycles. The van der Waals surface area contributed by atoms with Gasteiger partial charge in [-0.3, -0.25) is 4.79 Å². The van der Waals surface area contributed by atoms with Gasteiger partial charge in [0, 0.05) is 39.7 Å². The fourth-order valence-corrected chi connectivity index (χ4v) is 3.11. The molecule has 23 heavy (non-hydrogen) atoms. The summed E-state index contributed by atoms with van der Waals surface area (Å²) in [5, 5.41) is 0. The molecule has 1 heterocycles. The number of hydrogen-bond acceptors (Lipinski definition) is 6. The van der Waals surface area contributed by atoms with Gasteiger partial charge in [0.05, 0.1) is 11.5 Å². The normalized spacial score (nSPS) is 13.1. The third kappa shape index (κ3) is 4.57. The molecule has 0 fully saturated rings. The quantitative estimate of drug-likeness (QED) is 0.723. The first-order chi connectivity index (χ1) is 10.9. The number of rotatable bonds is 8. The molecule has 0 saturated carbocycles. The Morgan fingerprint density at radius 1 is 1.30 bits per heavy atom. The van der Waals surface area contributed by atoms with Crippen molar-refractivity contribution in [1.82, 2.24) is 9.62 Å². The second kappa shape index (κ2) is 7.62. The van der Waals surface area contributed by atoms with Crippen molar-refractivity contribution in [3.8, 4) is 11.5 Å². The molecule has 0 saturated heterocycles. The zero-order chi connectivity index (χ0) is 16.9. The number of nitrogens with zero attached hydrogens (tertiary/aromatic N) is 1. The molecular formula is C14H20N2O6S. The second-order valence-electron chi connectivity index (χ2n) is 4.91. The van der Waals surface area contributed by atoms with Crippen LogP contribution in [0.15, 0.2) is 23.1 Å². The highest BCUT2D eigenvalue weighted by Gasteiger charge is 2.20. The van der Waals surface area contributed by atoms with Gasteiger partial charge in [-0.2, -0.15) is 0 Å². The molecule has 1 N–H and O–H groups in total. The van der Waals surface area contributed by atoms with E-state index in [1.54, 1.807) is 13.2 Å². The lowest BCUT2D eigenvalue weighted by molar-refractivity contribution is -0.129. The number of benzene rings is 1. The van der Waals surface area contributed by atoms with Crippen LogP contribution in [-0.2, 0) is 19.6 Å². The molecule has 1 amide bonds. The highest BCUT2D eigenvalue weighted by Crippen LogP contribution is 2.33. The van der Waals surface area contributed by atoms with Crippen LogP contribution in [0.2, 0.25) is 0 Å². The van der Waals surface area contributed by atoms with Gasteiger partial charge in [0.2, 0.25) is 22.7 Å². The Balaban J connectivity index is 1.94. The van der Waals surface area contributed by atoms with Crippen LogP contribution in [-0.4, -0.2) is 59.4 Å². The van der Waals surface area contributed by atoms with E-state index in [0.29, 0.717) is 24.7 Å². The highest BCUT2D eigenvalue weighted by molar-refractivity contribution is 7.89. The van der Waals surface area contributed by atoms with Gasteiger partial charge in [0.1, 0.15) is 0 Å². The summed E-state index contributed by atoms with van der Waals surface area (Å²) in [7, 11) is -2.14. The Kier molecular flexibility index (Phi) is 5.80. The molecule has 8 nitrogen and oxygen atoms in total. The first-order valence-corrected chi connectivity index (χ1v) is 8.56. The molecular weight excluding hydrogens is 324 g/mol. The summed E-state index contributed by atoms with van der Waals surface area (Å²) in [5.41, 5.74) is 0. The minimum atomic E-state index is -3.68. The van der Waals surface area contributed by atoms with Crippen LogP contribution >= 0.6 is 0 Å². The summed E-state index contributed by atoms with van der Waals surface area (Å²) >= 11 is 0. The maximum absolute atomic E-state index is 12.3. The number of carbonyl (C=O) groups is 1. The number of hydrogen-bond donors (Lipinski definition) is 1. The molecule has 9 heteroatoms. The van der Waals surface area contributed by atoms with Crippen molar-refractivity contribution in [2.75, 3.05) is 40.1 Å². The van der Waals surface area contributed by atoms with Crippen molar-refractivity contribution in [1.29, 1.82) is 0 Å². The van der Waals surface area contributed by atoms with Crippen LogP contribution < -0.4 is 14.2 Å². The summed E-state index contributed by atoms with van der Waals surface area (Å²) in [6.45, 7) is 2.70. The molecule has 1 aliphatic heterocycles. The second-order valence-corrected chi connectivity index (χ2v) is 6.68. The number of ether oxygens (including phenoxy) is 3. The molecule has 0 aliphatic carbocycles. The number of methoxy groups -OCH3 is 1. The maximum Gasteiger partial charge on any atom is 0.240 e. The molecule has 0 spiro atoms. The van der Waals surface area contributed by atoms with Gasteiger partial charge >= 0.3 is 0 Å². The lowest BCUT2D eigenvalue weighted by Crippen LogP contribution is -2.39. The summed E-state index contributed by atoms with van der Waals surface area (Å²) in [6, 6.07) is 4.42. The number of carbonyl (C=O) groups excluding carboxylic acids is 1. The van der Waals surface area contributed by atoms with Crippen LogP contribution in [0.5, 0.6) is 11.5 Å². The summed E-state index contributed by atoms with van der Waals surface area (Å²) in [6.07, 6.45) is 0. The Labute approximate surface area is 135 Å². The predicted octanol–water partition coefficient (Wildman–Crippen LogP) is 0.189. The summed E-state index contributed by atoms with van der Waals surface area (Å²) in [5.74, 6) is 0.786. The van der Waals surface area contributed by atoms with E-state index in [1.165, 1.54) is 24.0 Å². The fourth-order valence-electron chi connectivity index (χ4n) is 2.07. The molecule has 0 unspecified atom stereocenters. The predicted molar refractivity (Wildman–Crippen MR) is 81.9 cm³/mol. The minimum absolute atomic E-state index is 0.0827. The standard InChI is InChI=1S/C14H20N2O6S/c1-11(17)16(7-8-20-2)6-5-15-23(18,19)12-3-4-13-14(9-12)22-10-21-13/h3-4,9,15H,5-8,10H2,1-2H3. The Morgan fingerprint density at radius 2 is 2.04 bits per heavy atom. The minimum Gasteiger partial charge on any atom is -0.454 e. The third-order valence-electron chi connectivity index (χ3n) is 3.34. The first-order valence-electron chi connectivity index (χ1n) is 7.08. The molecule has 0 bridgehead atoms. The molecule has 1 aromatic carbocycles. The molecule has 1 aromatic rings. The van der Waals surface area contributed by atoms with Gasteiger partial charge < -0.3 is 19.1 Å². The fraction of sp³-hybridized carbons (Fsp3) is 0.500. The van der Waals surface area contributed by atoms with Crippen molar-refractivity contribution in [2.45, 2.75) is 11.8 Å². The SMILES string of the molecule is COCCN(CCNS(=O)(=O)c1ccc2c(c1)OCO2)C(C)=O. The Morgan fingerprint density at radius 3 is 2.74 bits per heavy atom. The molecule has 0 atom stereocenters. The monoisotopic (exact) mass is 344 g/mol. The molecule has 2 rings (SSSR count). The number of fused-ring (bicyclic) bond motifs is 1. The van der Waals surface area contributed by atoms with Crippen molar-refractivity contribution in [3.05, 3.63) is 18.2 Å². The number of nitrogens with one attached hydrogen (secondary N) is 1. The Hall–Kier alpha value is -1.84. The van der Waals surface area contributed by atoms with Crippen LogP contribution in [0.4, 0.5) is 0 Å². The van der Waals surface area contributed by atoms with Gasteiger partial charge in [0.15, 0.2) is 11.5 Å². The van der Waals surface area contributed by atoms with E-state index >= 15 is 0 Å². The van der Waals surface area contributed by atoms with E-state index in [-0.39, 0.29) is 30.7 Å².